The number of nitrogens with one attached hydrogen (secondary N) is 1. The van der Waals surface area contributed by atoms with E-state index in [1.165, 1.54) is 42.4 Å². The molecule has 4 rings (SSSR count). The fourth-order valence-corrected chi connectivity index (χ4v) is 3.90. The maximum atomic E-state index is 5.32. The molecule has 0 amide bonds. The average Bonchev–Trinajstić information content (AvgIpc) is 3.20. The van der Waals surface area contributed by atoms with Crippen molar-refractivity contribution in [3.63, 3.8) is 0 Å². The molecule has 2 aromatic rings. The van der Waals surface area contributed by atoms with Gasteiger partial charge in [-0.05, 0) is 55.7 Å². The summed E-state index contributed by atoms with van der Waals surface area (Å²) in [6, 6.07) is 6.65. The minimum absolute atomic E-state index is 0.354. The fraction of sp³-hybridized carbons (Fsp3) is 0.500. The van der Waals surface area contributed by atoms with Crippen molar-refractivity contribution in [3.8, 4) is 0 Å². The van der Waals surface area contributed by atoms with E-state index in [4.69, 9.17) is 4.52 Å². The Balaban J connectivity index is 1.66. The summed E-state index contributed by atoms with van der Waals surface area (Å²) in [5.74, 6) is 0.354. The molecule has 22 heavy (non-hydrogen) atoms. The molecule has 1 fully saturated rings. The van der Waals surface area contributed by atoms with Crippen LogP contribution in [0.3, 0.4) is 0 Å². The van der Waals surface area contributed by atoms with Crippen LogP contribution in [0.25, 0.3) is 0 Å². The first-order chi connectivity index (χ1) is 10.8. The van der Waals surface area contributed by atoms with Gasteiger partial charge in [0.15, 0.2) is 0 Å². The summed E-state index contributed by atoms with van der Waals surface area (Å²) < 4.78 is 5.32. The average molecular weight is 297 g/mol. The first kappa shape index (κ1) is 13.8. The first-order valence-electron chi connectivity index (χ1n) is 8.37. The SMILES string of the molecule is Cc1cccc2c1CCCC2c1nocc1NN1CCCC1. The lowest BCUT2D eigenvalue weighted by atomic mass is 9.79. The van der Waals surface area contributed by atoms with Crippen LogP contribution in [-0.4, -0.2) is 23.3 Å². The molecular formula is C18H23N3O. The molecule has 1 aromatic heterocycles. The quantitative estimate of drug-likeness (QED) is 0.933. The van der Waals surface area contributed by atoms with Gasteiger partial charge in [-0.3, -0.25) is 0 Å². The molecule has 1 saturated heterocycles. The molecule has 2 heterocycles. The second-order valence-electron chi connectivity index (χ2n) is 6.51. The molecule has 0 bridgehead atoms. The number of fused-ring (bicyclic) bond motifs is 1. The standard InChI is InChI=1S/C18H23N3O/c1-13-6-4-8-15-14(13)7-5-9-16(15)18-17(12-22-20-18)19-21-10-2-3-11-21/h4,6,8,12,16,19H,2-3,5,7,9-11H2,1H3. The predicted molar refractivity (Wildman–Crippen MR) is 86.9 cm³/mol. The summed E-state index contributed by atoms with van der Waals surface area (Å²) in [5, 5.41) is 6.62. The van der Waals surface area contributed by atoms with E-state index in [1.54, 1.807) is 6.26 Å². The maximum absolute atomic E-state index is 5.32. The molecule has 0 spiro atoms. The molecular weight excluding hydrogens is 274 g/mol. The lowest BCUT2D eigenvalue weighted by molar-refractivity contribution is 0.401. The Morgan fingerprint density at radius 2 is 2.09 bits per heavy atom. The Bertz CT molecular complexity index is 658. The third kappa shape index (κ3) is 2.41. The zero-order chi connectivity index (χ0) is 14.9. The van der Waals surface area contributed by atoms with Crippen molar-refractivity contribution in [2.24, 2.45) is 0 Å². The van der Waals surface area contributed by atoms with E-state index in [0.717, 1.165) is 30.9 Å². The number of benzene rings is 1. The number of aromatic nitrogens is 1. The van der Waals surface area contributed by atoms with Gasteiger partial charge in [-0.25, -0.2) is 5.01 Å². The third-order valence-corrected chi connectivity index (χ3v) is 5.05. The molecule has 4 nitrogen and oxygen atoms in total. The smallest absolute Gasteiger partial charge is 0.148 e. The van der Waals surface area contributed by atoms with Crippen LogP contribution < -0.4 is 5.43 Å². The van der Waals surface area contributed by atoms with Crippen LogP contribution >= 0.6 is 0 Å². The van der Waals surface area contributed by atoms with Gasteiger partial charge in [0, 0.05) is 19.0 Å². The number of hydrogen-bond donors (Lipinski definition) is 1. The van der Waals surface area contributed by atoms with Gasteiger partial charge in [-0.15, -0.1) is 0 Å². The van der Waals surface area contributed by atoms with Crippen LogP contribution in [0.5, 0.6) is 0 Å². The molecule has 1 unspecified atom stereocenters. The van der Waals surface area contributed by atoms with Crippen molar-refractivity contribution in [1.29, 1.82) is 0 Å². The van der Waals surface area contributed by atoms with E-state index < -0.39 is 0 Å². The van der Waals surface area contributed by atoms with E-state index in [0.29, 0.717) is 5.92 Å². The van der Waals surface area contributed by atoms with Crippen LogP contribution in [-0.2, 0) is 6.42 Å². The van der Waals surface area contributed by atoms with Gasteiger partial charge in [-0.2, -0.15) is 0 Å². The molecule has 0 radical (unpaired) electrons. The largest absolute Gasteiger partial charge is 0.362 e. The molecule has 1 aromatic carbocycles. The van der Waals surface area contributed by atoms with E-state index in [-0.39, 0.29) is 0 Å². The van der Waals surface area contributed by atoms with E-state index in [2.05, 4.69) is 40.7 Å². The van der Waals surface area contributed by atoms with Crippen molar-refractivity contribution in [3.05, 3.63) is 46.8 Å². The Morgan fingerprint density at radius 1 is 1.23 bits per heavy atom. The number of hydrogen-bond acceptors (Lipinski definition) is 4. The zero-order valence-electron chi connectivity index (χ0n) is 13.1. The number of hydrazine groups is 1. The van der Waals surface area contributed by atoms with Gasteiger partial charge in [0.05, 0.1) is 0 Å². The lowest BCUT2D eigenvalue weighted by Crippen LogP contribution is -2.27. The van der Waals surface area contributed by atoms with Crippen molar-refractivity contribution in [2.75, 3.05) is 18.5 Å². The Hall–Kier alpha value is -1.81. The highest BCUT2D eigenvalue weighted by Crippen LogP contribution is 2.40. The van der Waals surface area contributed by atoms with E-state index >= 15 is 0 Å². The van der Waals surface area contributed by atoms with Gasteiger partial charge in [0.1, 0.15) is 17.6 Å². The molecule has 116 valence electrons. The summed E-state index contributed by atoms with van der Waals surface area (Å²) in [7, 11) is 0. The Morgan fingerprint density at radius 3 is 2.95 bits per heavy atom. The minimum atomic E-state index is 0.354. The van der Waals surface area contributed by atoms with Crippen LogP contribution in [0.2, 0.25) is 0 Å². The number of anilines is 1. The predicted octanol–water partition coefficient (Wildman–Crippen LogP) is 3.87. The monoisotopic (exact) mass is 297 g/mol. The number of rotatable bonds is 3. The Labute approximate surface area is 131 Å². The topological polar surface area (TPSA) is 41.3 Å². The van der Waals surface area contributed by atoms with Gasteiger partial charge in [0.25, 0.3) is 0 Å². The van der Waals surface area contributed by atoms with Crippen molar-refractivity contribution in [1.82, 2.24) is 10.2 Å². The zero-order valence-corrected chi connectivity index (χ0v) is 13.1. The summed E-state index contributed by atoms with van der Waals surface area (Å²) in [6.45, 7) is 4.42. The van der Waals surface area contributed by atoms with Crippen molar-refractivity contribution in [2.45, 2.75) is 44.9 Å². The highest BCUT2D eigenvalue weighted by molar-refractivity contribution is 5.52. The first-order valence-corrected chi connectivity index (χ1v) is 8.37. The second-order valence-corrected chi connectivity index (χ2v) is 6.51. The van der Waals surface area contributed by atoms with Gasteiger partial charge >= 0.3 is 0 Å². The second kappa shape index (κ2) is 5.76. The van der Waals surface area contributed by atoms with Crippen molar-refractivity contribution < 1.29 is 4.52 Å². The lowest BCUT2D eigenvalue weighted by Gasteiger charge is -2.27. The summed E-state index contributed by atoms with van der Waals surface area (Å²) in [6.07, 6.45) is 7.84. The highest BCUT2D eigenvalue weighted by atomic mass is 16.5. The molecule has 4 heteroatoms. The molecule has 1 atom stereocenters. The van der Waals surface area contributed by atoms with E-state index in [9.17, 15) is 0 Å². The van der Waals surface area contributed by atoms with E-state index in [1.807, 2.05) is 0 Å². The molecule has 1 aliphatic heterocycles. The molecule has 1 aliphatic carbocycles. The highest BCUT2D eigenvalue weighted by Gasteiger charge is 2.28. The van der Waals surface area contributed by atoms with Crippen LogP contribution in [0.15, 0.2) is 29.0 Å². The summed E-state index contributed by atoms with van der Waals surface area (Å²) in [5.41, 5.74) is 9.97. The van der Waals surface area contributed by atoms with Crippen LogP contribution in [0.1, 0.15) is 54.0 Å². The number of aryl methyl sites for hydroxylation is 1. The summed E-state index contributed by atoms with van der Waals surface area (Å²) >= 11 is 0. The third-order valence-electron chi connectivity index (χ3n) is 5.05. The van der Waals surface area contributed by atoms with Crippen LogP contribution in [0, 0.1) is 6.92 Å². The molecule has 1 N–H and O–H groups in total. The van der Waals surface area contributed by atoms with Gasteiger partial charge < -0.3 is 9.95 Å². The van der Waals surface area contributed by atoms with Gasteiger partial charge in [0.2, 0.25) is 0 Å². The molecule has 0 saturated carbocycles. The van der Waals surface area contributed by atoms with Crippen molar-refractivity contribution >= 4 is 5.69 Å². The summed E-state index contributed by atoms with van der Waals surface area (Å²) in [4.78, 5) is 0. The van der Waals surface area contributed by atoms with Crippen LogP contribution in [0.4, 0.5) is 5.69 Å². The minimum Gasteiger partial charge on any atom is -0.362 e. The Kier molecular flexibility index (Phi) is 3.62. The fourth-order valence-electron chi connectivity index (χ4n) is 3.90. The normalized spacial score (nSPS) is 21.8. The van der Waals surface area contributed by atoms with Gasteiger partial charge in [-0.1, -0.05) is 23.4 Å². The number of nitrogens with zero attached hydrogens (tertiary/aromatic N) is 2. The molecule has 2 aliphatic rings. The maximum Gasteiger partial charge on any atom is 0.148 e.